The normalized spacial score (nSPS) is 13.3. The van der Waals surface area contributed by atoms with Gasteiger partial charge in [-0.05, 0) is 36.3 Å². The minimum absolute atomic E-state index is 0.0183. The SMILES string of the molecule is CC(C)C(NC(=O)C(Cc1ccccc1)NCc1ccccc1)C(=O)NC(C=O)CCCN=C(N)N. The first-order valence-electron chi connectivity index (χ1n) is 12.2. The molecule has 7 N–H and O–H groups in total. The van der Waals surface area contributed by atoms with Crippen LogP contribution in [0.4, 0.5) is 0 Å². The fourth-order valence-corrected chi connectivity index (χ4v) is 3.70. The molecular weight excluding hydrogens is 456 g/mol. The maximum absolute atomic E-state index is 13.4. The number of aldehydes is 1. The van der Waals surface area contributed by atoms with Gasteiger partial charge in [0.05, 0.1) is 12.1 Å². The van der Waals surface area contributed by atoms with E-state index in [2.05, 4.69) is 20.9 Å². The van der Waals surface area contributed by atoms with Crippen LogP contribution in [0.2, 0.25) is 0 Å². The third-order valence-electron chi connectivity index (χ3n) is 5.70. The Kier molecular flexibility index (Phi) is 12.1. The van der Waals surface area contributed by atoms with Crippen molar-refractivity contribution in [1.29, 1.82) is 0 Å². The molecule has 2 rings (SSSR count). The Bertz CT molecular complexity index is 978. The molecule has 2 aromatic rings. The Labute approximate surface area is 213 Å². The lowest BCUT2D eigenvalue weighted by Crippen LogP contribution is -2.56. The molecule has 0 bridgehead atoms. The highest BCUT2D eigenvalue weighted by atomic mass is 16.2. The molecule has 0 aromatic heterocycles. The van der Waals surface area contributed by atoms with Gasteiger partial charge in [0.2, 0.25) is 11.8 Å². The van der Waals surface area contributed by atoms with E-state index >= 15 is 0 Å². The molecule has 9 heteroatoms. The number of nitrogens with one attached hydrogen (secondary N) is 3. The first-order chi connectivity index (χ1) is 17.3. The van der Waals surface area contributed by atoms with Gasteiger partial charge in [0.1, 0.15) is 12.3 Å². The van der Waals surface area contributed by atoms with Gasteiger partial charge in [0.15, 0.2) is 5.96 Å². The molecule has 0 aliphatic rings. The largest absolute Gasteiger partial charge is 0.370 e. The maximum atomic E-state index is 13.4. The summed E-state index contributed by atoms with van der Waals surface area (Å²) >= 11 is 0. The summed E-state index contributed by atoms with van der Waals surface area (Å²) in [7, 11) is 0. The zero-order chi connectivity index (χ0) is 26.3. The van der Waals surface area contributed by atoms with Crippen LogP contribution in [0.25, 0.3) is 0 Å². The van der Waals surface area contributed by atoms with Crippen molar-refractivity contribution in [3.63, 3.8) is 0 Å². The number of hydrogen-bond donors (Lipinski definition) is 5. The zero-order valence-electron chi connectivity index (χ0n) is 21.0. The van der Waals surface area contributed by atoms with Crippen LogP contribution < -0.4 is 27.4 Å². The molecule has 0 radical (unpaired) electrons. The lowest BCUT2D eigenvalue weighted by molar-refractivity contribution is -0.132. The molecular formula is C27H38N6O3. The van der Waals surface area contributed by atoms with E-state index < -0.39 is 24.0 Å². The lowest BCUT2D eigenvalue weighted by Gasteiger charge is -2.26. The average molecular weight is 495 g/mol. The highest BCUT2D eigenvalue weighted by Crippen LogP contribution is 2.09. The number of nitrogens with two attached hydrogens (primary N) is 2. The van der Waals surface area contributed by atoms with E-state index in [1.165, 1.54) is 0 Å². The highest BCUT2D eigenvalue weighted by molar-refractivity contribution is 5.91. The van der Waals surface area contributed by atoms with Crippen molar-refractivity contribution in [2.24, 2.45) is 22.4 Å². The van der Waals surface area contributed by atoms with E-state index in [0.717, 1.165) is 11.1 Å². The van der Waals surface area contributed by atoms with Gasteiger partial charge in [-0.25, -0.2) is 0 Å². The molecule has 0 spiro atoms. The zero-order valence-corrected chi connectivity index (χ0v) is 21.0. The van der Waals surface area contributed by atoms with Crippen molar-refractivity contribution < 1.29 is 14.4 Å². The summed E-state index contributed by atoms with van der Waals surface area (Å²) in [4.78, 5) is 41.8. The first-order valence-corrected chi connectivity index (χ1v) is 12.2. The summed E-state index contributed by atoms with van der Waals surface area (Å²) < 4.78 is 0. The number of hydrogen-bond acceptors (Lipinski definition) is 5. The van der Waals surface area contributed by atoms with Crippen molar-refractivity contribution in [1.82, 2.24) is 16.0 Å². The van der Waals surface area contributed by atoms with Gasteiger partial charge in [-0.15, -0.1) is 0 Å². The minimum Gasteiger partial charge on any atom is -0.370 e. The summed E-state index contributed by atoms with van der Waals surface area (Å²) in [5.41, 5.74) is 12.7. The van der Waals surface area contributed by atoms with Gasteiger partial charge in [-0.3, -0.25) is 14.6 Å². The second kappa shape index (κ2) is 15.3. The van der Waals surface area contributed by atoms with Crippen LogP contribution in [0.5, 0.6) is 0 Å². The predicted octanol–water partition coefficient (Wildman–Crippen LogP) is 1.27. The number of amides is 2. The Hall–Kier alpha value is -3.72. The molecule has 0 heterocycles. The van der Waals surface area contributed by atoms with Gasteiger partial charge >= 0.3 is 0 Å². The van der Waals surface area contributed by atoms with Gasteiger partial charge in [0.25, 0.3) is 0 Å². The van der Waals surface area contributed by atoms with Crippen LogP contribution in [-0.2, 0) is 27.3 Å². The molecule has 2 aromatic carbocycles. The fourth-order valence-electron chi connectivity index (χ4n) is 3.70. The van der Waals surface area contributed by atoms with E-state index in [0.29, 0.717) is 38.6 Å². The van der Waals surface area contributed by atoms with E-state index in [-0.39, 0.29) is 17.8 Å². The summed E-state index contributed by atoms with van der Waals surface area (Å²) in [6.07, 6.45) is 2.07. The van der Waals surface area contributed by atoms with Crippen molar-refractivity contribution in [3.05, 3.63) is 71.8 Å². The van der Waals surface area contributed by atoms with Crippen LogP contribution in [0, 0.1) is 5.92 Å². The Morgan fingerprint density at radius 1 is 0.917 bits per heavy atom. The monoisotopic (exact) mass is 494 g/mol. The number of carbonyl (C=O) groups is 3. The molecule has 0 fully saturated rings. The summed E-state index contributed by atoms with van der Waals surface area (Å²) in [5, 5.41) is 8.97. The minimum atomic E-state index is -0.797. The lowest BCUT2D eigenvalue weighted by atomic mass is 10.00. The van der Waals surface area contributed by atoms with E-state index in [1.54, 1.807) is 0 Å². The molecule has 0 saturated carbocycles. The second-order valence-corrected chi connectivity index (χ2v) is 9.04. The smallest absolute Gasteiger partial charge is 0.243 e. The van der Waals surface area contributed by atoms with Gasteiger partial charge in [-0.1, -0.05) is 74.5 Å². The summed E-state index contributed by atoms with van der Waals surface area (Å²) in [6, 6.07) is 17.5. The fraction of sp³-hybridized carbons (Fsp3) is 0.407. The van der Waals surface area contributed by atoms with Crippen LogP contribution in [0.1, 0.15) is 37.8 Å². The van der Waals surface area contributed by atoms with Crippen molar-refractivity contribution in [2.75, 3.05) is 6.54 Å². The number of carbonyl (C=O) groups excluding carboxylic acids is 3. The summed E-state index contributed by atoms with van der Waals surface area (Å²) in [6.45, 7) is 4.57. The molecule has 0 aliphatic carbocycles. The highest BCUT2D eigenvalue weighted by Gasteiger charge is 2.29. The second-order valence-electron chi connectivity index (χ2n) is 9.04. The van der Waals surface area contributed by atoms with Crippen molar-refractivity contribution in [2.45, 2.75) is 57.8 Å². The standard InChI is InChI=1S/C27H38N6O3/c1-19(2)24(26(36)32-22(18-34)14-9-15-30-27(28)29)33-25(35)23(16-20-10-5-3-6-11-20)31-17-21-12-7-4-8-13-21/h3-8,10-13,18-19,22-24,31H,9,14-17H2,1-2H3,(H,32,36)(H,33,35)(H4,28,29,30). The molecule has 0 aliphatic heterocycles. The third kappa shape index (κ3) is 10.3. The molecule has 2 amide bonds. The Morgan fingerprint density at radius 2 is 1.53 bits per heavy atom. The molecule has 0 saturated heterocycles. The number of guanidine groups is 1. The molecule has 3 unspecified atom stereocenters. The molecule has 194 valence electrons. The van der Waals surface area contributed by atoms with Crippen LogP contribution >= 0.6 is 0 Å². The number of aliphatic imine (C=N–C) groups is 1. The average Bonchev–Trinajstić information content (AvgIpc) is 2.87. The van der Waals surface area contributed by atoms with E-state index in [1.807, 2.05) is 74.5 Å². The van der Waals surface area contributed by atoms with E-state index in [4.69, 9.17) is 11.5 Å². The van der Waals surface area contributed by atoms with Gasteiger partial charge < -0.3 is 32.2 Å². The Morgan fingerprint density at radius 3 is 2.08 bits per heavy atom. The summed E-state index contributed by atoms with van der Waals surface area (Å²) in [5.74, 6) is -0.887. The molecule has 3 atom stereocenters. The van der Waals surface area contributed by atoms with E-state index in [9.17, 15) is 14.4 Å². The molecule has 9 nitrogen and oxygen atoms in total. The van der Waals surface area contributed by atoms with Crippen LogP contribution in [-0.4, -0.2) is 48.7 Å². The number of rotatable bonds is 15. The van der Waals surface area contributed by atoms with Gasteiger partial charge in [0, 0.05) is 13.1 Å². The van der Waals surface area contributed by atoms with Crippen molar-refractivity contribution >= 4 is 24.1 Å². The number of benzene rings is 2. The molecule has 36 heavy (non-hydrogen) atoms. The first kappa shape index (κ1) is 28.5. The van der Waals surface area contributed by atoms with Gasteiger partial charge in [-0.2, -0.15) is 0 Å². The Balaban J connectivity index is 2.06. The van der Waals surface area contributed by atoms with Crippen molar-refractivity contribution in [3.8, 4) is 0 Å². The van der Waals surface area contributed by atoms with Crippen LogP contribution in [0.3, 0.4) is 0 Å². The number of nitrogens with zero attached hydrogens (tertiary/aromatic N) is 1. The van der Waals surface area contributed by atoms with Crippen LogP contribution in [0.15, 0.2) is 65.7 Å². The quantitative estimate of drug-likeness (QED) is 0.109. The topological polar surface area (TPSA) is 152 Å². The predicted molar refractivity (Wildman–Crippen MR) is 142 cm³/mol. The third-order valence-corrected chi connectivity index (χ3v) is 5.70. The maximum Gasteiger partial charge on any atom is 0.243 e.